The number of nitrogens with one attached hydrogen (secondary N) is 2. The lowest BCUT2D eigenvalue weighted by molar-refractivity contribution is -0.122. The van der Waals surface area contributed by atoms with Crippen LogP contribution < -0.4 is 15.5 Å². The van der Waals surface area contributed by atoms with Crippen LogP contribution in [0.1, 0.15) is 34.6 Å². The number of hydrogen-bond donors (Lipinski definition) is 2. The first-order valence-electron chi connectivity index (χ1n) is 10.3. The van der Waals surface area contributed by atoms with E-state index in [1.54, 1.807) is 0 Å². The van der Waals surface area contributed by atoms with E-state index in [4.69, 9.17) is 4.52 Å². The number of carbonyl (C=O) groups excluding carboxylic acids is 2. The Kier molecular flexibility index (Phi) is 5.50. The van der Waals surface area contributed by atoms with Crippen molar-refractivity contribution in [2.24, 2.45) is 0 Å². The lowest BCUT2D eigenvalue weighted by Crippen LogP contribution is -2.49. The van der Waals surface area contributed by atoms with Crippen LogP contribution in [0.25, 0.3) is 0 Å². The molecule has 1 aliphatic rings. The number of benzene rings is 2. The van der Waals surface area contributed by atoms with Crippen molar-refractivity contribution < 1.29 is 14.1 Å². The molecule has 2 N–H and O–H groups in total. The normalized spacial score (nSPS) is 15.4. The summed E-state index contributed by atoms with van der Waals surface area (Å²) in [7, 11) is 0. The topological polar surface area (TPSA) is 87.5 Å². The van der Waals surface area contributed by atoms with E-state index in [0.29, 0.717) is 12.3 Å². The molecule has 0 spiro atoms. The van der Waals surface area contributed by atoms with Gasteiger partial charge in [-0.2, -0.15) is 0 Å². The Hall–Kier alpha value is -3.61. The highest BCUT2D eigenvalue weighted by atomic mass is 16.5. The number of nitrogens with zero attached hydrogens (tertiary/aromatic N) is 2. The summed E-state index contributed by atoms with van der Waals surface area (Å²) in [6, 6.07) is 12.8. The van der Waals surface area contributed by atoms with Crippen molar-refractivity contribution >= 4 is 28.9 Å². The summed E-state index contributed by atoms with van der Waals surface area (Å²) in [6.45, 7) is 8.12. The molecule has 2 heterocycles. The second kappa shape index (κ2) is 8.26. The van der Waals surface area contributed by atoms with Gasteiger partial charge in [-0.25, -0.2) is 0 Å². The van der Waals surface area contributed by atoms with Gasteiger partial charge >= 0.3 is 0 Å². The highest BCUT2D eigenvalue weighted by Crippen LogP contribution is 2.35. The fourth-order valence-corrected chi connectivity index (χ4v) is 3.98. The zero-order valence-electron chi connectivity index (χ0n) is 18.2. The number of aryl methyl sites for hydroxylation is 4. The molecule has 31 heavy (non-hydrogen) atoms. The molecular weight excluding hydrogens is 392 g/mol. The van der Waals surface area contributed by atoms with Crippen LogP contribution in [0.5, 0.6) is 0 Å². The second-order valence-corrected chi connectivity index (χ2v) is 8.02. The highest BCUT2D eigenvalue weighted by Gasteiger charge is 2.35. The van der Waals surface area contributed by atoms with Crippen molar-refractivity contribution in [3.8, 4) is 0 Å². The zero-order valence-corrected chi connectivity index (χ0v) is 18.2. The highest BCUT2D eigenvalue weighted by molar-refractivity contribution is 6.06. The smallest absolute Gasteiger partial charge is 0.247 e. The zero-order chi connectivity index (χ0) is 22.1. The van der Waals surface area contributed by atoms with Crippen LogP contribution >= 0.6 is 0 Å². The number of para-hydroxylation sites is 2. The molecule has 1 atom stereocenters. The van der Waals surface area contributed by atoms with Crippen LogP contribution in [0.15, 0.2) is 47.0 Å². The maximum absolute atomic E-state index is 13.0. The molecule has 0 bridgehead atoms. The molecule has 2 aromatic carbocycles. The summed E-state index contributed by atoms with van der Waals surface area (Å²) < 4.78 is 5.31. The first-order valence-corrected chi connectivity index (χ1v) is 10.3. The molecule has 0 saturated heterocycles. The van der Waals surface area contributed by atoms with Gasteiger partial charge in [0.25, 0.3) is 0 Å². The molecule has 1 aromatic heterocycles. The molecule has 2 amide bonds. The Bertz CT molecular complexity index is 1130. The number of carbonyl (C=O) groups is 2. The minimum atomic E-state index is -0.658. The average Bonchev–Trinajstić information content (AvgIpc) is 3.04. The van der Waals surface area contributed by atoms with E-state index in [2.05, 4.69) is 15.8 Å². The summed E-state index contributed by atoms with van der Waals surface area (Å²) in [5.41, 5.74) is 6.16. The first kappa shape index (κ1) is 20.7. The molecule has 1 aliphatic heterocycles. The molecule has 0 fully saturated rings. The number of rotatable bonds is 5. The fourth-order valence-electron chi connectivity index (χ4n) is 3.98. The van der Waals surface area contributed by atoms with Crippen molar-refractivity contribution in [2.45, 2.75) is 46.7 Å². The lowest BCUT2D eigenvalue weighted by atomic mass is 10.0. The number of amides is 2. The predicted octanol–water partition coefficient (Wildman–Crippen LogP) is 4.26. The van der Waals surface area contributed by atoms with E-state index >= 15 is 0 Å². The van der Waals surface area contributed by atoms with E-state index in [0.717, 1.165) is 39.4 Å². The van der Waals surface area contributed by atoms with Crippen LogP contribution in [-0.4, -0.2) is 23.0 Å². The van der Waals surface area contributed by atoms with Gasteiger partial charge in [0.1, 0.15) is 11.8 Å². The monoisotopic (exact) mass is 418 g/mol. The van der Waals surface area contributed by atoms with Crippen molar-refractivity contribution in [1.82, 2.24) is 5.16 Å². The molecule has 7 heteroatoms. The Morgan fingerprint density at radius 2 is 1.94 bits per heavy atom. The van der Waals surface area contributed by atoms with E-state index in [-0.39, 0.29) is 18.2 Å². The van der Waals surface area contributed by atoms with Crippen LogP contribution in [0.2, 0.25) is 0 Å². The summed E-state index contributed by atoms with van der Waals surface area (Å²) in [5, 5.41) is 9.93. The van der Waals surface area contributed by atoms with Crippen LogP contribution in [-0.2, 0) is 16.1 Å². The molecule has 7 nitrogen and oxygen atoms in total. The van der Waals surface area contributed by atoms with E-state index in [9.17, 15) is 9.59 Å². The molecule has 160 valence electrons. The number of fused-ring (bicyclic) bond motifs is 1. The Labute approximate surface area is 181 Å². The van der Waals surface area contributed by atoms with E-state index < -0.39 is 6.04 Å². The van der Waals surface area contributed by atoms with Gasteiger partial charge in [0.2, 0.25) is 11.8 Å². The third-order valence-corrected chi connectivity index (χ3v) is 5.69. The average molecular weight is 418 g/mol. The van der Waals surface area contributed by atoms with Gasteiger partial charge in [-0.05, 0) is 51.5 Å². The summed E-state index contributed by atoms with van der Waals surface area (Å²) in [6.07, 6.45) is 0.0247. The van der Waals surface area contributed by atoms with Crippen molar-refractivity contribution in [3.05, 3.63) is 70.6 Å². The Balaban J connectivity index is 1.62. The second-order valence-electron chi connectivity index (χ2n) is 8.02. The van der Waals surface area contributed by atoms with Gasteiger partial charge in [0.05, 0.1) is 23.5 Å². The van der Waals surface area contributed by atoms with Gasteiger partial charge in [-0.15, -0.1) is 0 Å². The van der Waals surface area contributed by atoms with Crippen LogP contribution in [0.3, 0.4) is 0 Å². The number of aromatic nitrogens is 1. The Morgan fingerprint density at radius 1 is 1.16 bits per heavy atom. The molecule has 0 unspecified atom stereocenters. The molecule has 0 saturated carbocycles. The van der Waals surface area contributed by atoms with Gasteiger partial charge in [0.15, 0.2) is 0 Å². The standard InChI is InChI=1S/C24H26N4O3/c1-14-9-10-19(15(2)11-14)25-23(29)12-22-24(30)26-20-7-5-6-8-21(20)28(22)13-18-16(3)27-31-17(18)4/h5-11,22H,12-13H2,1-4H3,(H,25,29)(H,26,30)/t22-/m1/s1. The maximum atomic E-state index is 13.0. The first-order chi connectivity index (χ1) is 14.8. The summed E-state index contributed by atoms with van der Waals surface area (Å²) in [5.74, 6) is 0.288. The minimum absolute atomic E-state index is 0.0247. The summed E-state index contributed by atoms with van der Waals surface area (Å²) >= 11 is 0. The van der Waals surface area contributed by atoms with Gasteiger partial charge in [-0.1, -0.05) is 35.0 Å². The Morgan fingerprint density at radius 3 is 2.65 bits per heavy atom. The van der Waals surface area contributed by atoms with Crippen LogP contribution in [0.4, 0.5) is 17.1 Å². The third-order valence-electron chi connectivity index (χ3n) is 5.69. The molecular formula is C24H26N4O3. The van der Waals surface area contributed by atoms with Crippen molar-refractivity contribution in [1.29, 1.82) is 0 Å². The summed E-state index contributed by atoms with van der Waals surface area (Å²) in [4.78, 5) is 27.9. The van der Waals surface area contributed by atoms with Crippen LogP contribution in [0, 0.1) is 27.7 Å². The third kappa shape index (κ3) is 4.17. The molecule has 4 rings (SSSR count). The lowest BCUT2D eigenvalue weighted by Gasteiger charge is -2.37. The van der Waals surface area contributed by atoms with Crippen molar-refractivity contribution in [3.63, 3.8) is 0 Å². The van der Waals surface area contributed by atoms with Gasteiger partial charge < -0.3 is 20.1 Å². The number of hydrogen-bond acceptors (Lipinski definition) is 5. The van der Waals surface area contributed by atoms with Gasteiger partial charge in [0, 0.05) is 17.8 Å². The maximum Gasteiger partial charge on any atom is 0.247 e. The van der Waals surface area contributed by atoms with E-state index in [1.807, 2.05) is 75.1 Å². The molecule has 0 radical (unpaired) electrons. The van der Waals surface area contributed by atoms with E-state index in [1.165, 1.54) is 0 Å². The SMILES string of the molecule is Cc1ccc(NC(=O)C[C@@H]2C(=O)Nc3ccccc3N2Cc2c(C)noc2C)c(C)c1. The van der Waals surface area contributed by atoms with Crippen molar-refractivity contribution in [2.75, 3.05) is 15.5 Å². The van der Waals surface area contributed by atoms with Gasteiger partial charge in [-0.3, -0.25) is 9.59 Å². The largest absolute Gasteiger partial charge is 0.361 e. The minimum Gasteiger partial charge on any atom is -0.361 e. The fraction of sp³-hybridized carbons (Fsp3) is 0.292. The quantitative estimate of drug-likeness (QED) is 0.646. The molecule has 3 aromatic rings. The molecule has 0 aliphatic carbocycles. The predicted molar refractivity (Wildman–Crippen MR) is 120 cm³/mol. The number of anilines is 3.